The molecule has 0 fully saturated rings. The molecule has 3 nitrogen and oxygen atoms in total. The highest BCUT2D eigenvalue weighted by Gasteiger charge is 2.05. The minimum absolute atomic E-state index is 0.392. The van der Waals surface area contributed by atoms with Crippen LogP contribution in [0.4, 0.5) is 0 Å². The molecule has 0 N–H and O–H groups in total. The lowest BCUT2D eigenvalue weighted by atomic mass is 10.1. The maximum absolute atomic E-state index is 8.43. The maximum Gasteiger partial charge on any atom is 0.111 e. The molecule has 0 aliphatic heterocycles. The van der Waals surface area contributed by atoms with E-state index in [1.54, 1.807) is 6.33 Å². The van der Waals surface area contributed by atoms with Crippen molar-refractivity contribution >= 4 is 0 Å². The smallest absolute Gasteiger partial charge is 0.111 e. The van der Waals surface area contributed by atoms with Gasteiger partial charge in [0.1, 0.15) is 6.54 Å². The largest absolute Gasteiger partial charge is 0.323 e. The van der Waals surface area contributed by atoms with Crippen LogP contribution < -0.4 is 0 Å². The molecule has 0 aliphatic carbocycles. The summed E-state index contributed by atoms with van der Waals surface area (Å²) in [5.41, 5.74) is 1.08. The summed E-state index contributed by atoms with van der Waals surface area (Å²) in [6, 6.07) is 2.08. The van der Waals surface area contributed by atoms with E-state index < -0.39 is 0 Å². The number of hydrogen-bond acceptors (Lipinski definition) is 2. The van der Waals surface area contributed by atoms with Gasteiger partial charge in [-0.2, -0.15) is 5.26 Å². The molecule has 0 amide bonds. The Kier molecular flexibility index (Phi) is 2.87. The van der Waals surface area contributed by atoms with Crippen LogP contribution in [0.1, 0.15) is 31.9 Å². The van der Waals surface area contributed by atoms with E-state index in [0.29, 0.717) is 12.5 Å². The lowest BCUT2D eigenvalue weighted by Crippen LogP contribution is -1.92. The van der Waals surface area contributed by atoms with Gasteiger partial charge >= 0.3 is 0 Å². The first-order chi connectivity index (χ1) is 5.77. The summed E-state index contributed by atoms with van der Waals surface area (Å²) in [5, 5.41) is 8.43. The van der Waals surface area contributed by atoms with Crippen LogP contribution in [-0.4, -0.2) is 9.55 Å². The second kappa shape index (κ2) is 3.91. The van der Waals surface area contributed by atoms with Gasteiger partial charge < -0.3 is 4.57 Å². The fourth-order valence-corrected chi connectivity index (χ4v) is 1.01. The Hall–Kier alpha value is -1.30. The van der Waals surface area contributed by atoms with Gasteiger partial charge in [0.05, 0.1) is 18.1 Å². The minimum atomic E-state index is 0.392. The molecule has 1 aromatic heterocycles. The quantitative estimate of drug-likeness (QED) is 0.683. The van der Waals surface area contributed by atoms with Crippen LogP contribution in [0.2, 0.25) is 0 Å². The zero-order valence-electron chi connectivity index (χ0n) is 7.49. The summed E-state index contributed by atoms with van der Waals surface area (Å²) in [6.45, 7) is 4.66. The maximum atomic E-state index is 8.43. The van der Waals surface area contributed by atoms with E-state index in [4.69, 9.17) is 5.26 Å². The van der Waals surface area contributed by atoms with Crippen molar-refractivity contribution in [3.63, 3.8) is 0 Å². The van der Waals surface area contributed by atoms with E-state index >= 15 is 0 Å². The highest BCUT2D eigenvalue weighted by molar-refractivity contribution is 5.03. The molecule has 0 bridgehead atoms. The first-order valence-corrected chi connectivity index (χ1v) is 4.16. The van der Waals surface area contributed by atoms with Crippen molar-refractivity contribution in [2.75, 3.05) is 0 Å². The van der Waals surface area contributed by atoms with Crippen molar-refractivity contribution in [1.29, 1.82) is 5.26 Å². The molecule has 3 heteroatoms. The topological polar surface area (TPSA) is 41.6 Å². The fourth-order valence-electron chi connectivity index (χ4n) is 1.01. The van der Waals surface area contributed by atoms with Crippen molar-refractivity contribution in [3.8, 4) is 6.07 Å². The van der Waals surface area contributed by atoms with Crippen molar-refractivity contribution < 1.29 is 0 Å². The molecule has 0 saturated carbocycles. The van der Waals surface area contributed by atoms with Gasteiger partial charge in [-0.3, -0.25) is 0 Å². The van der Waals surface area contributed by atoms with Gasteiger partial charge in [-0.05, 0) is 12.3 Å². The van der Waals surface area contributed by atoms with Gasteiger partial charge in [0.25, 0.3) is 0 Å². The van der Waals surface area contributed by atoms with Crippen LogP contribution in [0.3, 0.4) is 0 Å². The van der Waals surface area contributed by atoms with E-state index in [-0.39, 0.29) is 0 Å². The molecule has 0 aromatic carbocycles. The molecule has 0 radical (unpaired) electrons. The summed E-state index contributed by atoms with van der Waals surface area (Å²) in [7, 11) is 0. The summed E-state index contributed by atoms with van der Waals surface area (Å²) in [4.78, 5) is 4.22. The second-order valence-corrected chi connectivity index (χ2v) is 2.94. The average molecular weight is 163 g/mol. The Morgan fingerprint density at radius 3 is 3.08 bits per heavy atom. The van der Waals surface area contributed by atoms with E-state index in [0.717, 1.165) is 12.1 Å². The summed E-state index contributed by atoms with van der Waals surface area (Å²) >= 11 is 0. The molecule has 1 unspecified atom stereocenters. The third kappa shape index (κ3) is 1.85. The van der Waals surface area contributed by atoms with Crippen LogP contribution >= 0.6 is 0 Å². The third-order valence-corrected chi connectivity index (χ3v) is 2.02. The summed E-state index contributed by atoms with van der Waals surface area (Å²) in [5.74, 6) is 0.491. The standard InChI is InChI=1S/C9H13N3/c1-3-8(2)9-6-12(5-4-10)7-11-9/h6-8H,3,5H2,1-2H3. The van der Waals surface area contributed by atoms with Crippen LogP contribution in [0, 0.1) is 11.3 Å². The van der Waals surface area contributed by atoms with Crippen molar-refractivity contribution in [1.82, 2.24) is 9.55 Å². The normalized spacial score (nSPS) is 12.4. The van der Waals surface area contributed by atoms with Gasteiger partial charge in [-0.15, -0.1) is 0 Å². The van der Waals surface area contributed by atoms with Gasteiger partial charge in [0.15, 0.2) is 0 Å². The second-order valence-electron chi connectivity index (χ2n) is 2.94. The van der Waals surface area contributed by atoms with Crippen LogP contribution in [0.15, 0.2) is 12.5 Å². The van der Waals surface area contributed by atoms with E-state index in [1.807, 2.05) is 10.8 Å². The monoisotopic (exact) mass is 163 g/mol. The van der Waals surface area contributed by atoms with Gasteiger partial charge in [0.2, 0.25) is 0 Å². The molecule has 64 valence electrons. The fraction of sp³-hybridized carbons (Fsp3) is 0.556. The van der Waals surface area contributed by atoms with Crippen molar-refractivity contribution in [2.45, 2.75) is 32.7 Å². The van der Waals surface area contributed by atoms with Crippen LogP contribution in [-0.2, 0) is 6.54 Å². The zero-order valence-corrected chi connectivity index (χ0v) is 7.49. The Bertz CT molecular complexity index is 282. The average Bonchev–Trinajstić information content (AvgIpc) is 2.52. The minimum Gasteiger partial charge on any atom is -0.323 e. The predicted molar refractivity (Wildman–Crippen MR) is 46.5 cm³/mol. The molecule has 0 spiro atoms. The Labute approximate surface area is 72.7 Å². The molecule has 12 heavy (non-hydrogen) atoms. The Morgan fingerprint density at radius 2 is 2.50 bits per heavy atom. The molecule has 1 atom stereocenters. The number of imidazole rings is 1. The molecule has 1 aromatic rings. The lowest BCUT2D eigenvalue weighted by Gasteiger charge is -2.01. The first kappa shape index (κ1) is 8.79. The number of rotatable bonds is 3. The van der Waals surface area contributed by atoms with E-state index in [1.165, 1.54) is 0 Å². The third-order valence-electron chi connectivity index (χ3n) is 2.02. The molecule has 0 aliphatic rings. The molecular formula is C9H13N3. The molecule has 1 rings (SSSR count). The lowest BCUT2D eigenvalue weighted by molar-refractivity contribution is 0.711. The van der Waals surface area contributed by atoms with Gasteiger partial charge in [-0.1, -0.05) is 13.8 Å². The van der Waals surface area contributed by atoms with Gasteiger partial charge in [-0.25, -0.2) is 4.98 Å². The summed E-state index contributed by atoms with van der Waals surface area (Å²) in [6.07, 6.45) is 4.74. The molecule has 0 saturated heterocycles. The van der Waals surface area contributed by atoms with Crippen molar-refractivity contribution in [2.24, 2.45) is 0 Å². The summed E-state index contributed by atoms with van der Waals surface area (Å²) < 4.78 is 1.81. The first-order valence-electron chi connectivity index (χ1n) is 4.16. The van der Waals surface area contributed by atoms with Crippen molar-refractivity contribution in [3.05, 3.63) is 18.2 Å². The van der Waals surface area contributed by atoms with E-state index in [9.17, 15) is 0 Å². The SMILES string of the molecule is CCC(C)c1cn(CC#N)cn1. The highest BCUT2D eigenvalue weighted by atomic mass is 15.0. The number of nitrogens with zero attached hydrogens (tertiary/aromatic N) is 3. The highest BCUT2D eigenvalue weighted by Crippen LogP contribution is 2.15. The zero-order chi connectivity index (χ0) is 8.97. The Morgan fingerprint density at radius 1 is 1.75 bits per heavy atom. The Balaban J connectivity index is 2.71. The molecule has 1 heterocycles. The number of aromatic nitrogens is 2. The van der Waals surface area contributed by atoms with Crippen LogP contribution in [0.5, 0.6) is 0 Å². The molecular weight excluding hydrogens is 150 g/mol. The predicted octanol–water partition coefficient (Wildman–Crippen LogP) is 1.92. The number of hydrogen-bond donors (Lipinski definition) is 0. The van der Waals surface area contributed by atoms with E-state index in [2.05, 4.69) is 24.9 Å². The van der Waals surface area contributed by atoms with Gasteiger partial charge in [0, 0.05) is 6.20 Å². The number of nitriles is 1. The van der Waals surface area contributed by atoms with Crippen LogP contribution in [0.25, 0.3) is 0 Å².